The van der Waals surface area contributed by atoms with Crippen LogP contribution in [0.2, 0.25) is 0 Å². The first-order valence-electron chi connectivity index (χ1n) is 11.9. The highest BCUT2D eigenvalue weighted by molar-refractivity contribution is 7.85. The Kier molecular flexibility index (Phi) is 9.37. The average Bonchev–Trinajstić information content (AvgIpc) is 2.82. The molecular formula is C24H38N4O2S. The van der Waals surface area contributed by atoms with Crippen LogP contribution in [0.15, 0.2) is 29.3 Å². The van der Waals surface area contributed by atoms with E-state index >= 15 is 0 Å². The van der Waals surface area contributed by atoms with Gasteiger partial charge in [0.05, 0.1) is 6.54 Å². The highest BCUT2D eigenvalue weighted by Gasteiger charge is 2.26. The zero-order valence-electron chi connectivity index (χ0n) is 19.1. The van der Waals surface area contributed by atoms with Gasteiger partial charge in [0.2, 0.25) is 0 Å². The third-order valence-corrected chi connectivity index (χ3v) is 7.95. The molecule has 7 heteroatoms. The monoisotopic (exact) mass is 446 g/mol. The van der Waals surface area contributed by atoms with Gasteiger partial charge in [0.1, 0.15) is 0 Å². The Labute approximate surface area is 189 Å². The van der Waals surface area contributed by atoms with Gasteiger partial charge in [-0.2, -0.15) is 0 Å². The van der Waals surface area contributed by atoms with Crippen molar-refractivity contribution in [1.29, 1.82) is 0 Å². The minimum Gasteiger partial charge on any atom is -0.357 e. The first kappa shape index (κ1) is 23.8. The summed E-state index contributed by atoms with van der Waals surface area (Å²) in [5, 5.41) is 7.18. The van der Waals surface area contributed by atoms with E-state index in [0.29, 0.717) is 12.6 Å². The summed E-state index contributed by atoms with van der Waals surface area (Å²) >= 11 is 0. The van der Waals surface area contributed by atoms with Crippen LogP contribution >= 0.6 is 0 Å². The van der Waals surface area contributed by atoms with Gasteiger partial charge in [-0.1, -0.05) is 25.5 Å². The minimum atomic E-state index is -0.732. The van der Waals surface area contributed by atoms with Gasteiger partial charge in [0.25, 0.3) is 5.91 Å². The molecule has 1 saturated carbocycles. The number of likely N-dealkylation sites (tertiary alicyclic amines) is 1. The molecule has 2 aliphatic rings. The summed E-state index contributed by atoms with van der Waals surface area (Å²) in [4.78, 5) is 19.6. The molecule has 1 aliphatic carbocycles. The van der Waals surface area contributed by atoms with Crippen molar-refractivity contribution in [2.75, 3.05) is 25.4 Å². The molecule has 0 bridgehead atoms. The second-order valence-electron chi connectivity index (χ2n) is 8.55. The molecule has 1 aromatic rings. The summed E-state index contributed by atoms with van der Waals surface area (Å²) in [6.07, 6.45) is 7.60. The van der Waals surface area contributed by atoms with E-state index in [1.165, 1.54) is 6.42 Å². The van der Waals surface area contributed by atoms with E-state index in [1.54, 1.807) is 0 Å². The topological polar surface area (TPSA) is 73.8 Å². The van der Waals surface area contributed by atoms with Crippen LogP contribution in [-0.2, 0) is 17.3 Å². The van der Waals surface area contributed by atoms with Crippen LogP contribution in [0.1, 0.15) is 74.7 Å². The van der Waals surface area contributed by atoms with Crippen molar-refractivity contribution >= 4 is 22.7 Å². The molecule has 31 heavy (non-hydrogen) atoms. The number of nitrogens with one attached hydrogen (secondary N) is 2. The molecule has 3 rings (SSSR count). The smallest absolute Gasteiger partial charge is 0.253 e. The summed E-state index contributed by atoms with van der Waals surface area (Å²) in [6, 6.07) is 8.17. The third-order valence-electron chi connectivity index (χ3n) is 6.20. The number of rotatable bonds is 7. The fourth-order valence-electron chi connectivity index (χ4n) is 4.52. The van der Waals surface area contributed by atoms with E-state index < -0.39 is 10.8 Å². The van der Waals surface area contributed by atoms with Crippen molar-refractivity contribution in [3.8, 4) is 0 Å². The van der Waals surface area contributed by atoms with Crippen LogP contribution in [0.4, 0.5) is 0 Å². The van der Waals surface area contributed by atoms with Crippen molar-refractivity contribution in [1.82, 2.24) is 15.5 Å². The lowest BCUT2D eigenvalue weighted by atomic mass is 9.95. The Hall–Kier alpha value is -1.89. The molecular weight excluding hydrogens is 408 g/mol. The molecule has 6 nitrogen and oxygen atoms in total. The van der Waals surface area contributed by atoms with E-state index in [0.717, 1.165) is 81.0 Å². The normalized spacial score (nSPS) is 23.3. The molecule has 3 unspecified atom stereocenters. The number of hydrogen-bond donors (Lipinski definition) is 2. The quantitative estimate of drug-likeness (QED) is 0.497. The molecule has 2 fully saturated rings. The number of amides is 1. The van der Waals surface area contributed by atoms with Crippen molar-refractivity contribution in [3.05, 3.63) is 35.4 Å². The molecule has 1 heterocycles. The number of carbonyl (C=O) groups is 1. The summed E-state index contributed by atoms with van der Waals surface area (Å²) in [5.41, 5.74) is 1.79. The summed E-state index contributed by atoms with van der Waals surface area (Å²) in [5.74, 6) is 1.66. The maximum Gasteiger partial charge on any atom is 0.253 e. The SMILES string of the molecule is CCNC(=NCc1cccc(C(=O)N2CCCCC2)c1)NC1CCCC(S(=O)CC)C1. The fourth-order valence-corrected chi connectivity index (χ4v) is 5.86. The molecule has 1 amide bonds. The fraction of sp³-hybridized carbons (Fsp3) is 0.667. The summed E-state index contributed by atoms with van der Waals surface area (Å²) in [6.45, 7) is 7.10. The summed E-state index contributed by atoms with van der Waals surface area (Å²) < 4.78 is 12.2. The van der Waals surface area contributed by atoms with Crippen molar-refractivity contribution < 1.29 is 9.00 Å². The van der Waals surface area contributed by atoms with E-state index in [4.69, 9.17) is 4.99 Å². The van der Waals surface area contributed by atoms with E-state index in [-0.39, 0.29) is 11.2 Å². The van der Waals surface area contributed by atoms with Crippen LogP contribution < -0.4 is 10.6 Å². The van der Waals surface area contributed by atoms with E-state index in [1.807, 2.05) is 36.1 Å². The maximum atomic E-state index is 12.8. The molecule has 2 N–H and O–H groups in total. The Morgan fingerprint density at radius 3 is 2.71 bits per heavy atom. The average molecular weight is 447 g/mol. The molecule has 0 aromatic heterocycles. The second kappa shape index (κ2) is 12.2. The van der Waals surface area contributed by atoms with Crippen LogP contribution in [0.3, 0.4) is 0 Å². The number of piperidine rings is 1. The van der Waals surface area contributed by atoms with Crippen LogP contribution in [0.25, 0.3) is 0 Å². The van der Waals surface area contributed by atoms with Gasteiger partial charge in [0.15, 0.2) is 5.96 Å². The maximum absolute atomic E-state index is 12.8. The Bertz CT molecular complexity index is 777. The Morgan fingerprint density at radius 2 is 1.97 bits per heavy atom. The molecule has 3 atom stereocenters. The molecule has 1 aromatic carbocycles. The van der Waals surface area contributed by atoms with Gasteiger partial charge >= 0.3 is 0 Å². The molecule has 0 spiro atoms. The van der Waals surface area contributed by atoms with Gasteiger partial charge in [-0.3, -0.25) is 9.00 Å². The van der Waals surface area contributed by atoms with Crippen LogP contribution in [0.5, 0.6) is 0 Å². The predicted molar refractivity (Wildman–Crippen MR) is 129 cm³/mol. The Balaban J connectivity index is 1.62. The highest BCUT2D eigenvalue weighted by atomic mass is 32.2. The van der Waals surface area contributed by atoms with Crippen LogP contribution in [0, 0.1) is 0 Å². The summed E-state index contributed by atoms with van der Waals surface area (Å²) in [7, 11) is -0.732. The zero-order chi connectivity index (χ0) is 22.1. The molecule has 172 valence electrons. The first-order chi connectivity index (χ1) is 15.1. The van der Waals surface area contributed by atoms with Crippen molar-refractivity contribution in [3.63, 3.8) is 0 Å². The van der Waals surface area contributed by atoms with Gasteiger partial charge < -0.3 is 15.5 Å². The first-order valence-corrected chi connectivity index (χ1v) is 13.3. The van der Waals surface area contributed by atoms with Crippen molar-refractivity contribution in [2.45, 2.75) is 76.6 Å². The lowest BCUT2D eigenvalue weighted by molar-refractivity contribution is 0.0724. The second-order valence-corrected chi connectivity index (χ2v) is 10.6. The number of benzene rings is 1. The van der Waals surface area contributed by atoms with Gasteiger partial charge in [-0.05, 0) is 63.1 Å². The predicted octanol–water partition coefficient (Wildman–Crippen LogP) is 3.45. The van der Waals surface area contributed by atoms with Gasteiger partial charge in [-0.25, -0.2) is 4.99 Å². The van der Waals surface area contributed by atoms with Crippen LogP contribution in [-0.4, -0.2) is 57.7 Å². The minimum absolute atomic E-state index is 0.132. The lowest BCUT2D eigenvalue weighted by Crippen LogP contribution is -2.46. The number of aliphatic imine (C=N–C) groups is 1. The molecule has 1 aliphatic heterocycles. The third kappa shape index (κ3) is 7.06. The van der Waals surface area contributed by atoms with E-state index in [2.05, 4.69) is 17.6 Å². The van der Waals surface area contributed by atoms with Crippen molar-refractivity contribution in [2.24, 2.45) is 4.99 Å². The Morgan fingerprint density at radius 1 is 1.16 bits per heavy atom. The molecule has 0 radical (unpaired) electrons. The number of guanidine groups is 1. The standard InChI is InChI=1S/C24H38N4O2S/c1-3-25-24(27-21-12-9-13-22(17-21)31(30)4-2)26-18-19-10-8-11-20(16-19)23(29)28-14-6-5-7-15-28/h8,10-11,16,21-22H,3-7,9,12-15,17-18H2,1-2H3,(H2,25,26,27). The highest BCUT2D eigenvalue weighted by Crippen LogP contribution is 2.23. The zero-order valence-corrected chi connectivity index (χ0v) is 19.9. The lowest BCUT2D eigenvalue weighted by Gasteiger charge is -2.30. The number of nitrogens with zero attached hydrogens (tertiary/aromatic N) is 2. The largest absolute Gasteiger partial charge is 0.357 e. The van der Waals surface area contributed by atoms with E-state index in [9.17, 15) is 9.00 Å². The number of carbonyl (C=O) groups excluding carboxylic acids is 1. The van der Waals surface area contributed by atoms with Gasteiger partial charge in [0, 0.05) is 53.0 Å². The van der Waals surface area contributed by atoms with Gasteiger partial charge in [-0.15, -0.1) is 0 Å². The number of hydrogen-bond acceptors (Lipinski definition) is 3. The molecule has 1 saturated heterocycles.